The highest BCUT2D eigenvalue weighted by atomic mass is 14.9. The Morgan fingerprint density at radius 1 is 0.632 bits per heavy atom. The number of para-hydroxylation sites is 2. The van der Waals surface area contributed by atoms with Crippen molar-refractivity contribution in [3.8, 4) is 22.3 Å². The maximum atomic E-state index is 9.57. The van der Waals surface area contributed by atoms with Gasteiger partial charge in [-0.1, -0.05) is 123 Å². The van der Waals surface area contributed by atoms with Crippen LogP contribution in [0.25, 0.3) is 22.3 Å². The summed E-state index contributed by atoms with van der Waals surface area (Å²) in [6.45, 7) is 17.7. The van der Waals surface area contributed by atoms with Gasteiger partial charge in [-0.05, 0) is 68.3 Å². The van der Waals surface area contributed by atoms with E-state index in [-0.39, 0.29) is 35.8 Å². The van der Waals surface area contributed by atoms with Gasteiger partial charge in [-0.15, -0.1) is 0 Å². The lowest BCUT2D eigenvalue weighted by atomic mass is 9.77. The molecule has 0 aliphatic rings. The number of nitrogen functional groups attached to an aromatic ring is 1. The second kappa shape index (κ2) is 9.98. The molecule has 4 aromatic carbocycles. The third-order valence-electron chi connectivity index (χ3n) is 6.51. The minimum absolute atomic E-state index is 0.00221. The summed E-state index contributed by atoms with van der Waals surface area (Å²) in [4.78, 5) is 0. The fourth-order valence-electron chi connectivity index (χ4n) is 4.09. The Hall–Kier alpha value is -3.52. The molecule has 0 amide bonds. The van der Waals surface area contributed by atoms with Crippen LogP contribution in [0, 0.1) is 0 Å². The van der Waals surface area contributed by atoms with Crippen molar-refractivity contribution in [2.75, 3.05) is 11.1 Å². The molecule has 0 atom stereocenters. The van der Waals surface area contributed by atoms with Crippen LogP contribution in [0.4, 0.5) is 17.1 Å². The second-order valence-corrected chi connectivity index (χ2v) is 12.9. The maximum Gasteiger partial charge on any atom is 0.0632 e. The molecule has 38 heavy (non-hydrogen) atoms. The van der Waals surface area contributed by atoms with E-state index < -0.39 is 34.4 Å². The Kier molecular flexibility index (Phi) is 4.91. The van der Waals surface area contributed by atoms with E-state index in [4.69, 9.17) is 12.6 Å². The lowest BCUT2D eigenvalue weighted by Gasteiger charge is -2.29. The first kappa shape index (κ1) is 18.7. The van der Waals surface area contributed by atoms with Crippen LogP contribution >= 0.6 is 0 Å². The molecule has 198 valence electrons. The van der Waals surface area contributed by atoms with Gasteiger partial charge < -0.3 is 11.1 Å². The Balaban J connectivity index is 2.37. The number of hydrogen-bond acceptors (Lipinski definition) is 2. The summed E-state index contributed by atoms with van der Waals surface area (Å²) in [5.41, 5.74) is 8.84. The van der Waals surface area contributed by atoms with Gasteiger partial charge in [-0.3, -0.25) is 0 Å². The SMILES string of the molecule is [2H]c1c([2H])c([2H])c(-c2cc(C(C)(C)C)cc(-c3c([2H])c(C(C)(C)C)c([2H])c(C(C)(C)C)c3[2H])c2Nc2ccccc2N)c([2H])c1[2H]. The topological polar surface area (TPSA) is 38.0 Å². The van der Waals surface area contributed by atoms with Gasteiger partial charge in [0.2, 0.25) is 0 Å². The second-order valence-electron chi connectivity index (χ2n) is 12.9. The third-order valence-corrected chi connectivity index (χ3v) is 6.51. The molecule has 2 heteroatoms. The summed E-state index contributed by atoms with van der Waals surface area (Å²) >= 11 is 0. The van der Waals surface area contributed by atoms with E-state index in [0.29, 0.717) is 44.9 Å². The quantitative estimate of drug-likeness (QED) is 0.267. The number of hydrogen-bond donors (Lipinski definition) is 2. The fourth-order valence-corrected chi connectivity index (χ4v) is 4.09. The first-order valence-corrected chi connectivity index (χ1v) is 13.0. The number of rotatable bonds is 4. The van der Waals surface area contributed by atoms with Crippen LogP contribution in [0.15, 0.2) is 84.7 Å². The van der Waals surface area contributed by atoms with E-state index in [0.717, 1.165) is 5.56 Å². The molecule has 0 saturated carbocycles. The number of nitrogens with one attached hydrogen (secondary N) is 1. The van der Waals surface area contributed by atoms with Crippen LogP contribution in [0.2, 0.25) is 0 Å². The highest BCUT2D eigenvalue weighted by Crippen LogP contribution is 2.45. The van der Waals surface area contributed by atoms with Crippen molar-refractivity contribution in [1.29, 1.82) is 0 Å². The van der Waals surface area contributed by atoms with Gasteiger partial charge in [-0.25, -0.2) is 0 Å². The molecule has 0 saturated heterocycles. The molecule has 2 nitrogen and oxygen atoms in total. The van der Waals surface area contributed by atoms with Gasteiger partial charge in [0.25, 0.3) is 0 Å². The summed E-state index contributed by atoms with van der Waals surface area (Å²) in [6.07, 6.45) is 0. The largest absolute Gasteiger partial charge is 0.397 e. The standard InChI is InChI=1S/C36H44N2/c1-34(2,3)26-19-25(20-27(21-26)35(4,5)6)30-23-28(36(7,8)9)22-29(24-15-11-10-12-16-24)33(30)38-32-18-14-13-17-31(32)37/h10-23,38H,37H2,1-9H3/i10D,11D,12D,15D,16D,19D,20D,21D. The van der Waals surface area contributed by atoms with Gasteiger partial charge in [0, 0.05) is 11.1 Å². The average Bonchev–Trinajstić information content (AvgIpc) is 2.91. The molecule has 0 bridgehead atoms. The molecule has 0 aromatic heterocycles. The van der Waals surface area contributed by atoms with E-state index in [1.165, 1.54) is 0 Å². The Morgan fingerprint density at radius 2 is 1.13 bits per heavy atom. The van der Waals surface area contributed by atoms with Crippen molar-refractivity contribution in [2.24, 2.45) is 0 Å². The minimum atomic E-state index is -0.606. The lowest BCUT2D eigenvalue weighted by Crippen LogP contribution is -2.17. The molecular weight excluding hydrogens is 460 g/mol. The molecule has 0 radical (unpaired) electrons. The van der Waals surface area contributed by atoms with E-state index >= 15 is 0 Å². The normalized spacial score (nSPS) is 15.4. The van der Waals surface area contributed by atoms with Crippen LogP contribution in [-0.4, -0.2) is 0 Å². The predicted octanol–water partition coefficient (Wildman–Crippen LogP) is 10.2. The predicted molar refractivity (Wildman–Crippen MR) is 168 cm³/mol. The van der Waals surface area contributed by atoms with Crippen molar-refractivity contribution >= 4 is 17.1 Å². The number of benzene rings is 4. The molecule has 0 aliphatic carbocycles. The smallest absolute Gasteiger partial charge is 0.0632 e. The number of nitrogens with two attached hydrogens (primary N) is 1. The van der Waals surface area contributed by atoms with Crippen molar-refractivity contribution in [3.63, 3.8) is 0 Å². The highest BCUT2D eigenvalue weighted by molar-refractivity contribution is 5.95. The number of anilines is 3. The minimum Gasteiger partial charge on any atom is -0.397 e. The highest BCUT2D eigenvalue weighted by Gasteiger charge is 2.25. The molecule has 0 spiro atoms. The zero-order valence-corrected chi connectivity index (χ0v) is 24.0. The molecule has 4 rings (SSSR count). The first-order valence-electron chi connectivity index (χ1n) is 17.0. The summed E-state index contributed by atoms with van der Waals surface area (Å²) in [5, 5.41) is 3.40. The summed E-state index contributed by atoms with van der Waals surface area (Å²) < 4.78 is 71.3. The van der Waals surface area contributed by atoms with Crippen molar-refractivity contribution < 1.29 is 11.0 Å². The van der Waals surface area contributed by atoms with Crippen molar-refractivity contribution in [3.05, 3.63) is 101 Å². The summed E-state index contributed by atoms with van der Waals surface area (Å²) in [5.74, 6) is 0. The molecule has 4 aromatic rings. The Bertz CT molecular complexity index is 1790. The lowest BCUT2D eigenvalue weighted by molar-refractivity contribution is 0.569. The zero-order chi connectivity index (χ0) is 34.8. The first-order chi connectivity index (χ1) is 21.0. The molecule has 3 N–H and O–H groups in total. The van der Waals surface area contributed by atoms with Crippen LogP contribution in [0.3, 0.4) is 0 Å². The molecule has 0 unspecified atom stereocenters. The van der Waals surface area contributed by atoms with E-state index in [1.54, 1.807) is 18.2 Å². The monoisotopic (exact) mass is 512 g/mol. The summed E-state index contributed by atoms with van der Waals surface area (Å²) in [7, 11) is 0. The van der Waals surface area contributed by atoms with Crippen LogP contribution < -0.4 is 11.1 Å². The molecule has 0 heterocycles. The Morgan fingerprint density at radius 3 is 1.63 bits per heavy atom. The van der Waals surface area contributed by atoms with Gasteiger partial charge in [0.1, 0.15) is 0 Å². The van der Waals surface area contributed by atoms with Crippen LogP contribution in [0.5, 0.6) is 0 Å². The molecule has 0 fully saturated rings. The van der Waals surface area contributed by atoms with Gasteiger partial charge in [0.15, 0.2) is 0 Å². The van der Waals surface area contributed by atoms with Crippen molar-refractivity contribution in [2.45, 2.75) is 78.6 Å². The fraction of sp³-hybridized carbons (Fsp3) is 0.333. The van der Waals surface area contributed by atoms with Gasteiger partial charge >= 0.3 is 0 Å². The Labute approximate surface area is 241 Å². The molecular formula is C36H44N2. The van der Waals surface area contributed by atoms with E-state index in [9.17, 15) is 4.11 Å². The van der Waals surface area contributed by atoms with Crippen LogP contribution in [0.1, 0.15) is 90.0 Å². The van der Waals surface area contributed by atoms with Gasteiger partial charge in [0.05, 0.1) is 28.0 Å². The average molecular weight is 513 g/mol. The summed E-state index contributed by atoms with van der Waals surface area (Å²) in [6, 6.07) is 8.93. The maximum absolute atomic E-state index is 9.57. The van der Waals surface area contributed by atoms with E-state index in [1.807, 2.05) is 80.5 Å². The van der Waals surface area contributed by atoms with Crippen molar-refractivity contribution in [1.82, 2.24) is 0 Å². The van der Waals surface area contributed by atoms with Gasteiger partial charge in [-0.2, -0.15) is 0 Å². The molecule has 0 aliphatic heterocycles. The third kappa shape index (κ3) is 5.96. The zero-order valence-electron chi connectivity index (χ0n) is 32.0. The van der Waals surface area contributed by atoms with E-state index in [2.05, 4.69) is 5.32 Å². The van der Waals surface area contributed by atoms with Crippen LogP contribution in [-0.2, 0) is 16.2 Å².